The standard InChI is InChI=1S/C21H22O6/c1-24-19-12-17(13-25-20(22)15-8-4-2-5-9-15)18(27-19)14-26-21(23)16-10-6-3-7-11-16/h2-11,17-19H,12-14H2,1H3/t17-,18-,19+/m1/s1. The molecule has 1 fully saturated rings. The lowest BCUT2D eigenvalue weighted by atomic mass is 10.0. The summed E-state index contributed by atoms with van der Waals surface area (Å²) in [4.78, 5) is 24.2. The summed E-state index contributed by atoms with van der Waals surface area (Å²) in [6.07, 6.45) is -0.247. The van der Waals surface area contributed by atoms with Crippen LogP contribution in [0.2, 0.25) is 0 Å². The zero-order valence-corrected chi connectivity index (χ0v) is 15.1. The number of ether oxygens (including phenoxy) is 4. The molecule has 1 aliphatic heterocycles. The van der Waals surface area contributed by atoms with E-state index in [1.54, 1.807) is 55.6 Å². The second kappa shape index (κ2) is 9.30. The lowest BCUT2D eigenvalue weighted by Gasteiger charge is -2.18. The molecule has 0 unspecified atom stereocenters. The second-order valence-electron chi connectivity index (χ2n) is 6.26. The van der Waals surface area contributed by atoms with Gasteiger partial charge in [-0.15, -0.1) is 0 Å². The van der Waals surface area contributed by atoms with Crippen LogP contribution < -0.4 is 0 Å². The predicted octanol–water partition coefficient (Wildman–Crippen LogP) is 3.08. The summed E-state index contributed by atoms with van der Waals surface area (Å²) >= 11 is 0. The molecule has 2 aromatic rings. The average Bonchev–Trinajstić information content (AvgIpc) is 3.13. The van der Waals surface area contributed by atoms with Crippen molar-refractivity contribution in [3.8, 4) is 0 Å². The largest absolute Gasteiger partial charge is 0.462 e. The first kappa shape index (κ1) is 19.1. The Balaban J connectivity index is 1.54. The number of benzene rings is 2. The van der Waals surface area contributed by atoms with Crippen LogP contribution in [0.15, 0.2) is 60.7 Å². The normalized spacial score (nSPS) is 21.6. The van der Waals surface area contributed by atoms with Gasteiger partial charge in [-0.3, -0.25) is 0 Å². The Bertz CT molecular complexity index is 682. The number of carbonyl (C=O) groups excluding carboxylic acids is 2. The van der Waals surface area contributed by atoms with Crippen LogP contribution in [0.3, 0.4) is 0 Å². The minimum atomic E-state index is -0.417. The van der Waals surface area contributed by atoms with Crippen molar-refractivity contribution in [2.45, 2.75) is 18.8 Å². The highest BCUT2D eigenvalue weighted by molar-refractivity contribution is 5.89. The molecule has 6 heteroatoms. The van der Waals surface area contributed by atoms with Crippen molar-refractivity contribution in [2.24, 2.45) is 5.92 Å². The number of hydrogen-bond acceptors (Lipinski definition) is 6. The first-order valence-corrected chi connectivity index (χ1v) is 8.80. The van der Waals surface area contributed by atoms with Crippen molar-refractivity contribution in [3.63, 3.8) is 0 Å². The lowest BCUT2D eigenvalue weighted by molar-refractivity contribution is -0.126. The van der Waals surface area contributed by atoms with Gasteiger partial charge in [0.1, 0.15) is 12.7 Å². The summed E-state index contributed by atoms with van der Waals surface area (Å²) in [5, 5.41) is 0. The van der Waals surface area contributed by atoms with Gasteiger partial charge in [-0.25, -0.2) is 9.59 Å². The number of rotatable bonds is 7. The van der Waals surface area contributed by atoms with Gasteiger partial charge in [0.25, 0.3) is 0 Å². The first-order valence-electron chi connectivity index (χ1n) is 8.80. The molecule has 3 atom stereocenters. The summed E-state index contributed by atoms with van der Waals surface area (Å²) < 4.78 is 21.8. The third kappa shape index (κ3) is 5.15. The van der Waals surface area contributed by atoms with E-state index >= 15 is 0 Å². The third-order valence-electron chi connectivity index (χ3n) is 4.44. The average molecular weight is 370 g/mol. The van der Waals surface area contributed by atoms with E-state index < -0.39 is 24.3 Å². The lowest BCUT2D eigenvalue weighted by Crippen LogP contribution is -2.28. The molecule has 0 saturated carbocycles. The van der Waals surface area contributed by atoms with Gasteiger partial charge in [0.2, 0.25) is 0 Å². The van der Waals surface area contributed by atoms with Gasteiger partial charge < -0.3 is 18.9 Å². The molecule has 1 heterocycles. The van der Waals surface area contributed by atoms with Gasteiger partial charge in [0.15, 0.2) is 6.29 Å². The van der Waals surface area contributed by atoms with Crippen molar-refractivity contribution in [1.82, 2.24) is 0 Å². The SMILES string of the molecule is CO[C@@H]1C[C@H](COC(=O)c2ccccc2)[C@@H](COC(=O)c2ccccc2)O1. The van der Waals surface area contributed by atoms with Crippen LogP contribution in [0, 0.1) is 5.92 Å². The van der Waals surface area contributed by atoms with Gasteiger partial charge in [-0.2, -0.15) is 0 Å². The number of carbonyl (C=O) groups is 2. The maximum atomic E-state index is 12.1. The van der Waals surface area contributed by atoms with Gasteiger partial charge in [-0.1, -0.05) is 36.4 Å². The summed E-state index contributed by atoms with van der Waals surface area (Å²) in [5.41, 5.74) is 0.970. The molecule has 142 valence electrons. The Labute approximate surface area is 158 Å². The highest BCUT2D eigenvalue weighted by Crippen LogP contribution is 2.28. The van der Waals surface area contributed by atoms with Crippen molar-refractivity contribution in [3.05, 3.63) is 71.8 Å². The van der Waals surface area contributed by atoms with E-state index in [9.17, 15) is 9.59 Å². The zero-order valence-electron chi connectivity index (χ0n) is 15.1. The molecular weight excluding hydrogens is 348 g/mol. The predicted molar refractivity (Wildman–Crippen MR) is 97.2 cm³/mol. The Hall–Kier alpha value is -2.70. The summed E-state index contributed by atoms with van der Waals surface area (Å²) in [6, 6.07) is 17.5. The number of hydrogen-bond donors (Lipinski definition) is 0. The van der Waals surface area contributed by atoms with Gasteiger partial charge in [0, 0.05) is 19.4 Å². The van der Waals surface area contributed by atoms with E-state index in [-0.39, 0.29) is 19.1 Å². The van der Waals surface area contributed by atoms with Crippen LogP contribution in [0.25, 0.3) is 0 Å². The topological polar surface area (TPSA) is 71.1 Å². The monoisotopic (exact) mass is 370 g/mol. The molecular formula is C21H22O6. The minimum absolute atomic E-state index is 0.0706. The molecule has 6 nitrogen and oxygen atoms in total. The van der Waals surface area contributed by atoms with Gasteiger partial charge in [0.05, 0.1) is 17.7 Å². The molecule has 0 aliphatic carbocycles. The van der Waals surface area contributed by atoms with Crippen molar-refractivity contribution >= 4 is 11.9 Å². The number of methoxy groups -OCH3 is 1. The van der Waals surface area contributed by atoms with Crippen molar-refractivity contribution in [2.75, 3.05) is 20.3 Å². The Kier molecular flexibility index (Phi) is 6.57. The zero-order chi connectivity index (χ0) is 19.1. The molecule has 3 rings (SSSR count). The Morgan fingerprint density at radius 3 is 1.93 bits per heavy atom. The smallest absolute Gasteiger partial charge is 0.338 e. The second-order valence-corrected chi connectivity index (χ2v) is 6.26. The molecule has 1 aliphatic rings. The van der Waals surface area contributed by atoms with Crippen molar-refractivity contribution < 1.29 is 28.5 Å². The first-order chi connectivity index (χ1) is 13.2. The van der Waals surface area contributed by atoms with Crippen LogP contribution in [0.1, 0.15) is 27.1 Å². The summed E-state index contributed by atoms with van der Waals surface area (Å²) in [6.45, 7) is 0.238. The van der Waals surface area contributed by atoms with E-state index in [0.29, 0.717) is 17.5 Å². The Morgan fingerprint density at radius 1 is 0.889 bits per heavy atom. The van der Waals surface area contributed by atoms with Crippen LogP contribution >= 0.6 is 0 Å². The molecule has 1 saturated heterocycles. The molecule has 0 radical (unpaired) electrons. The van der Waals surface area contributed by atoms with E-state index in [0.717, 1.165) is 0 Å². The fraction of sp³-hybridized carbons (Fsp3) is 0.333. The van der Waals surface area contributed by atoms with Gasteiger partial charge >= 0.3 is 11.9 Å². The highest BCUT2D eigenvalue weighted by Gasteiger charge is 2.37. The molecule has 0 amide bonds. The summed E-state index contributed by atoms with van der Waals surface area (Å²) in [7, 11) is 1.55. The molecule has 0 spiro atoms. The number of esters is 2. The van der Waals surface area contributed by atoms with Crippen LogP contribution in [-0.4, -0.2) is 44.7 Å². The third-order valence-corrected chi connectivity index (χ3v) is 4.44. The maximum absolute atomic E-state index is 12.1. The fourth-order valence-electron chi connectivity index (χ4n) is 2.92. The van der Waals surface area contributed by atoms with E-state index in [1.165, 1.54) is 0 Å². The Morgan fingerprint density at radius 2 is 1.41 bits per heavy atom. The van der Waals surface area contributed by atoms with Gasteiger partial charge in [-0.05, 0) is 24.3 Å². The molecule has 0 aromatic heterocycles. The fourth-order valence-corrected chi connectivity index (χ4v) is 2.92. The summed E-state index contributed by atoms with van der Waals surface area (Å²) in [5.74, 6) is -0.928. The maximum Gasteiger partial charge on any atom is 0.338 e. The van der Waals surface area contributed by atoms with Crippen molar-refractivity contribution in [1.29, 1.82) is 0 Å². The molecule has 0 N–H and O–H groups in total. The van der Waals surface area contributed by atoms with Crippen LogP contribution in [0.4, 0.5) is 0 Å². The van der Waals surface area contributed by atoms with E-state index in [2.05, 4.69) is 0 Å². The van der Waals surface area contributed by atoms with E-state index in [1.807, 2.05) is 12.1 Å². The molecule has 27 heavy (non-hydrogen) atoms. The molecule has 0 bridgehead atoms. The minimum Gasteiger partial charge on any atom is -0.462 e. The van der Waals surface area contributed by atoms with E-state index in [4.69, 9.17) is 18.9 Å². The quantitative estimate of drug-likeness (QED) is 0.698. The van der Waals surface area contributed by atoms with Crippen LogP contribution in [0.5, 0.6) is 0 Å². The van der Waals surface area contributed by atoms with Crippen LogP contribution in [-0.2, 0) is 18.9 Å². The highest BCUT2D eigenvalue weighted by atomic mass is 16.7. The molecule has 2 aromatic carbocycles.